The highest BCUT2D eigenvalue weighted by atomic mass is 16.5. The lowest BCUT2D eigenvalue weighted by Crippen LogP contribution is -2.46. The molecule has 0 saturated heterocycles. The molecule has 3 atom stereocenters. The topological polar surface area (TPSA) is 52.6 Å². The molecule has 0 unspecified atom stereocenters. The Morgan fingerprint density at radius 2 is 1.59 bits per heavy atom. The van der Waals surface area contributed by atoms with E-state index in [1.54, 1.807) is 0 Å². The highest BCUT2D eigenvalue weighted by Gasteiger charge is 2.64. The lowest BCUT2D eigenvalue weighted by Gasteiger charge is -2.36. The van der Waals surface area contributed by atoms with Gasteiger partial charge in [0.2, 0.25) is 0 Å². The van der Waals surface area contributed by atoms with Crippen molar-refractivity contribution >= 4 is 11.9 Å². The van der Waals surface area contributed by atoms with Crippen LogP contribution < -0.4 is 0 Å². The molecule has 0 aliphatic heterocycles. The fraction of sp³-hybridized carbons (Fsp3) is 0.889. The molecule has 0 amide bonds. The van der Waals surface area contributed by atoms with Crippen LogP contribution in [0.1, 0.15) is 58.8 Å². The Hall–Kier alpha value is -1.06. The van der Waals surface area contributed by atoms with Crippen molar-refractivity contribution < 1.29 is 19.1 Å². The van der Waals surface area contributed by atoms with Crippen molar-refractivity contribution in [1.29, 1.82) is 0 Å². The Bertz CT molecular complexity index is 397. The van der Waals surface area contributed by atoms with Gasteiger partial charge >= 0.3 is 11.9 Å². The molecule has 22 heavy (non-hydrogen) atoms. The molecular formula is C18H30O4. The summed E-state index contributed by atoms with van der Waals surface area (Å²) in [6, 6.07) is 0. The van der Waals surface area contributed by atoms with E-state index in [2.05, 4.69) is 13.8 Å². The molecule has 0 aromatic heterocycles. The van der Waals surface area contributed by atoms with Gasteiger partial charge in [-0.25, -0.2) is 0 Å². The predicted molar refractivity (Wildman–Crippen MR) is 84.1 cm³/mol. The number of carbonyl (C=O) groups is 2. The summed E-state index contributed by atoms with van der Waals surface area (Å²) in [5.41, 5.74) is -1.07. The minimum atomic E-state index is -1.07. The molecule has 126 valence electrons. The van der Waals surface area contributed by atoms with Crippen LogP contribution in [0.5, 0.6) is 0 Å². The number of esters is 2. The van der Waals surface area contributed by atoms with Gasteiger partial charge in [0.1, 0.15) is 0 Å². The van der Waals surface area contributed by atoms with E-state index in [1.165, 1.54) is 20.6 Å². The molecule has 0 bridgehead atoms. The average molecular weight is 310 g/mol. The second-order valence-electron chi connectivity index (χ2n) is 6.95. The van der Waals surface area contributed by atoms with Crippen LogP contribution in [0.4, 0.5) is 0 Å². The lowest BCUT2D eigenvalue weighted by atomic mass is 9.68. The van der Waals surface area contributed by atoms with Gasteiger partial charge in [-0.2, -0.15) is 0 Å². The molecule has 0 heterocycles. The predicted octanol–water partition coefficient (Wildman–Crippen LogP) is 3.58. The number of hydrogen-bond donors (Lipinski definition) is 0. The van der Waals surface area contributed by atoms with Crippen molar-refractivity contribution in [2.24, 2.45) is 29.1 Å². The highest BCUT2D eigenvalue weighted by Crippen LogP contribution is 2.59. The number of rotatable bonds is 5. The van der Waals surface area contributed by atoms with E-state index in [9.17, 15) is 9.59 Å². The number of carbonyl (C=O) groups excluding carboxylic acids is 2. The smallest absolute Gasteiger partial charge is 0.323 e. The van der Waals surface area contributed by atoms with Crippen LogP contribution >= 0.6 is 0 Å². The van der Waals surface area contributed by atoms with Crippen LogP contribution in [0, 0.1) is 29.1 Å². The quantitative estimate of drug-likeness (QED) is 0.575. The molecule has 2 aliphatic rings. The Balaban J connectivity index is 2.44. The lowest BCUT2D eigenvalue weighted by molar-refractivity contribution is -0.173. The van der Waals surface area contributed by atoms with Gasteiger partial charge in [-0.1, -0.05) is 39.5 Å². The summed E-state index contributed by atoms with van der Waals surface area (Å²) >= 11 is 0. The molecule has 2 rings (SSSR count). The maximum Gasteiger partial charge on any atom is 0.323 e. The van der Waals surface area contributed by atoms with Gasteiger partial charge in [-0.15, -0.1) is 0 Å². The van der Waals surface area contributed by atoms with Gasteiger partial charge in [0.05, 0.1) is 14.2 Å². The molecule has 0 aromatic rings. The molecular weight excluding hydrogens is 280 g/mol. The zero-order valence-corrected chi connectivity index (χ0v) is 14.4. The van der Waals surface area contributed by atoms with Crippen LogP contribution in [-0.4, -0.2) is 26.2 Å². The Kier molecular flexibility index (Phi) is 5.51. The van der Waals surface area contributed by atoms with E-state index in [0.29, 0.717) is 24.2 Å². The van der Waals surface area contributed by atoms with E-state index in [0.717, 1.165) is 32.1 Å². The minimum Gasteiger partial charge on any atom is -0.468 e. The third-order valence-corrected chi connectivity index (χ3v) is 6.31. The number of hydrogen-bond acceptors (Lipinski definition) is 4. The van der Waals surface area contributed by atoms with E-state index < -0.39 is 5.41 Å². The molecule has 2 saturated carbocycles. The molecule has 2 aliphatic carbocycles. The summed E-state index contributed by atoms with van der Waals surface area (Å²) < 4.78 is 10.1. The molecule has 4 heteroatoms. The second kappa shape index (κ2) is 7.01. The highest BCUT2D eigenvalue weighted by molar-refractivity contribution is 6.01. The first-order valence-corrected chi connectivity index (χ1v) is 8.73. The van der Waals surface area contributed by atoms with Crippen LogP contribution in [-0.2, 0) is 19.1 Å². The Morgan fingerprint density at radius 3 is 2.09 bits per heavy atom. The van der Waals surface area contributed by atoms with E-state index in [4.69, 9.17) is 9.47 Å². The van der Waals surface area contributed by atoms with Crippen LogP contribution in [0.25, 0.3) is 0 Å². The van der Waals surface area contributed by atoms with Gasteiger partial charge < -0.3 is 9.47 Å². The molecule has 0 aromatic carbocycles. The Morgan fingerprint density at radius 1 is 1.05 bits per heavy atom. The van der Waals surface area contributed by atoms with Gasteiger partial charge in [0.25, 0.3) is 0 Å². The largest absolute Gasteiger partial charge is 0.468 e. The summed E-state index contributed by atoms with van der Waals surface area (Å²) in [6.45, 7) is 4.42. The standard InChI is InChI=1S/C18H30O4/c1-5-12(6-2)14-11-18(16(19)21-3,17(20)22-4)15-10-8-7-9-13(14)15/h12-15H,5-11H2,1-4H3/t13-,14+,15-/m1/s1. The zero-order chi connectivity index (χ0) is 16.3. The maximum absolute atomic E-state index is 12.6. The SMILES string of the molecule is CCC(CC)[C@@H]1CC(C(=O)OC)(C(=O)OC)[C@@H]2CCCC[C@@H]21. The third-order valence-electron chi connectivity index (χ3n) is 6.31. The zero-order valence-electron chi connectivity index (χ0n) is 14.4. The fourth-order valence-corrected chi connectivity index (χ4v) is 5.29. The van der Waals surface area contributed by atoms with E-state index in [1.807, 2.05) is 0 Å². The summed E-state index contributed by atoms with van der Waals surface area (Å²) in [5.74, 6) is 0.776. The summed E-state index contributed by atoms with van der Waals surface area (Å²) in [4.78, 5) is 25.2. The monoisotopic (exact) mass is 310 g/mol. The van der Waals surface area contributed by atoms with Crippen molar-refractivity contribution in [1.82, 2.24) is 0 Å². The molecule has 4 nitrogen and oxygen atoms in total. The minimum absolute atomic E-state index is 0.0896. The van der Waals surface area contributed by atoms with E-state index >= 15 is 0 Å². The molecule has 0 N–H and O–H groups in total. The van der Waals surface area contributed by atoms with Gasteiger partial charge in [0, 0.05) is 0 Å². The van der Waals surface area contributed by atoms with Crippen LogP contribution in [0.3, 0.4) is 0 Å². The van der Waals surface area contributed by atoms with Crippen molar-refractivity contribution in [3.63, 3.8) is 0 Å². The van der Waals surface area contributed by atoms with Gasteiger partial charge in [-0.3, -0.25) is 9.59 Å². The maximum atomic E-state index is 12.6. The van der Waals surface area contributed by atoms with Crippen LogP contribution in [0.15, 0.2) is 0 Å². The third kappa shape index (κ3) is 2.55. The van der Waals surface area contributed by atoms with Crippen molar-refractivity contribution in [2.45, 2.75) is 58.8 Å². The van der Waals surface area contributed by atoms with Gasteiger partial charge in [0.15, 0.2) is 5.41 Å². The summed E-state index contributed by atoms with van der Waals surface area (Å²) in [7, 11) is 2.77. The summed E-state index contributed by atoms with van der Waals surface area (Å²) in [6.07, 6.45) is 7.16. The molecule has 0 radical (unpaired) electrons. The second-order valence-corrected chi connectivity index (χ2v) is 6.95. The van der Waals surface area contributed by atoms with Crippen molar-refractivity contribution in [3.05, 3.63) is 0 Å². The fourth-order valence-electron chi connectivity index (χ4n) is 5.29. The Labute approximate surface area is 133 Å². The molecule has 0 spiro atoms. The van der Waals surface area contributed by atoms with Crippen molar-refractivity contribution in [3.8, 4) is 0 Å². The van der Waals surface area contributed by atoms with Crippen LogP contribution in [0.2, 0.25) is 0 Å². The summed E-state index contributed by atoms with van der Waals surface area (Å²) in [5, 5.41) is 0. The number of methoxy groups -OCH3 is 2. The normalized spacial score (nSPS) is 30.0. The average Bonchev–Trinajstić information content (AvgIpc) is 2.91. The first-order valence-electron chi connectivity index (χ1n) is 8.73. The number of fused-ring (bicyclic) bond motifs is 1. The first kappa shape index (κ1) is 17.3. The van der Waals surface area contributed by atoms with E-state index in [-0.39, 0.29) is 17.9 Å². The van der Waals surface area contributed by atoms with Gasteiger partial charge in [-0.05, 0) is 42.9 Å². The number of ether oxygens (including phenoxy) is 2. The first-order chi connectivity index (χ1) is 10.6. The van der Waals surface area contributed by atoms with Crippen molar-refractivity contribution in [2.75, 3.05) is 14.2 Å². The molecule has 2 fully saturated rings.